The van der Waals surface area contributed by atoms with E-state index in [9.17, 15) is 14.9 Å². The molecule has 7 heteroatoms. The summed E-state index contributed by atoms with van der Waals surface area (Å²) in [5, 5.41) is 11.9. The van der Waals surface area contributed by atoms with Gasteiger partial charge in [0.1, 0.15) is 5.82 Å². The minimum Gasteiger partial charge on any atom is -0.292 e. The maximum atomic E-state index is 12.9. The number of aryl methyl sites for hydroxylation is 1. The number of nitrogens with zero attached hydrogens (tertiary/aromatic N) is 3. The average Bonchev–Trinajstić information content (AvgIpc) is 2.60. The summed E-state index contributed by atoms with van der Waals surface area (Å²) in [6.07, 6.45) is 1.49. The van der Waals surface area contributed by atoms with Gasteiger partial charge in [-0.2, -0.15) is 0 Å². The first-order valence-corrected chi connectivity index (χ1v) is 8.29. The topological polar surface area (TPSA) is 78.0 Å². The molecule has 0 N–H and O–H groups in total. The molecular formula is C18H16ClN3O3. The minimum atomic E-state index is -0.512. The number of halogens is 1. The number of nitro groups is 1. The first kappa shape index (κ1) is 17.1. The fourth-order valence-corrected chi connectivity index (χ4v) is 2.84. The molecule has 1 heterocycles. The molecule has 0 saturated heterocycles. The van der Waals surface area contributed by atoms with E-state index in [-0.39, 0.29) is 16.6 Å². The smallest absolute Gasteiger partial charge is 0.270 e. The highest BCUT2D eigenvalue weighted by Crippen LogP contribution is 2.18. The Labute approximate surface area is 148 Å². The van der Waals surface area contributed by atoms with Crippen LogP contribution >= 0.6 is 11.6 Å². The lowest BCUT2D eigenvalue weighted by atomic mass is 10.2. The molecule has 0 saturated carbocycles. The highest BCUT2D eigenvalue weighted by Gasteiger charge is 2.14. The number of rotatable bonds is 5. The number of fused-ring (bicyclic) bond motifs is 1. The van der Waals surface area contributed by atoms with Crippen LogP contribution in [0.5, 0.6) is 0 Å². The van der Waals surface area contributed by atoms with Crippen LogP contribution in [0.4, 0.5) is 5.69 Å². The van der Waals surface area contributed by atoms with E-state index in [1.807, 2.05) is 19.1 Å². The normalized spacial score (nSPS) is 11.0. The van der Waals surface area contributed by atoms with Gasteiger partial charge in [0, 0.05) is 23.6 Å². The molecule has 3 aromatic rings. The second-order valence-corrected chi connectivity index (χ2v) is 6.19. The van der Waals surface area contributed by atoms with E-state index in [0.717, 1.165) is 12.0 Å². The van der Waals surface area contributed by atoms with E-state index < -0.39 is 4.92 Å². The van der Waals surface area contributed by atoms with Crippen LogP contribution < -0.4 is 5.56 Å². The monoisotopic (exact) mass is 357 g/mol. The van der Waals surface area contributed by atoms with Gasteiger partial charge in [-0.25, -0.2) is 4.98 Å². The van der Waals surface area contributed by atoms with Gasteiger partial charge in [0.2, 0.25) is 0 Å². The minimum absolute atomic E-state index is 0.118. The van der Waals surface area contributed by atoms with Crippen LogP contribution in [-0.2, 0) is 13.0 Å². The van der Waals surface area contributed by atoms with E-state index >= 15 is 0 Å². The van der Waals surface area contributed by atoms with Crippen LogP contribution in [-0.4, -0.2) is 14.5 Å². The molecule has 0 aliphatic heterocycles. The van der Waals surface area contributed by atoms with Crippen LogP contribution in [0.3, 0.4) is 0 Å². The molecule has 0 unspecified atom stereocenters. The second kappa shape index (κ2) is 7.03. The molecule has 3 rings (SSSR count). The molecule has 1 aromatic heterocycles. The van der Waals surface area contributed by atoms with E-state index in [2.05, 4.69) is 4.98 Å². The van der Waals surface area contributed by atoms with Crippen molar-refractivity contribution < 1.29 is 4.92 Å². The first-order valence-electron chi connectivity index (χ1n) is 7.92. The van der Waals surface area contributed by atoms with Crippen molar-refractivity contribution in [3.05, 3.63) is 79.3 Å². The van der Waals surface area contributed by atoms with Gasteiger partial charge in [0.05, 0.1) is 22.4 Å². The van der Waals surface area contributed by atoms with Gasteiger partial charge < -0.3 is 0 Å². The molecule has 0 bridgehead atoms. The van der Waals surface area contributed by atoms with Crippen molar-refractivity contribution >= 4 is 28.2 Å². The summed E-state index contributed by atoms with van der Waals surface area (Å²) in [6, 6.07) is 11.4. The Balaban J connectivity index is 2.17. The van der Waals surface area contributed by atoms with Gasteiger partial charge in [0.25, 0.3) is 11.2 Å². The van der Waals surface area contributed by atoms with Crippen LogP contribution in [0.1, 0.15) is 24.7 Å². The third-order valence-electron chi connectivity index (χ3n) is 3.96. The highest BCUT2D eigenvalue weighted by atomic mass is 35.5. The average molecular weight is 358 g/mol. The third kappa shape index (κ3) is 3.53. The molecule has 0 spiro atoms. The lowest BCUT2D eigenvalue weighted by Gasteiger charge is -2.13. The zero-order valence-electron chi connectivity index (χ0n) is 13.6. The molecule has 6 nitrogen and oxygen atoms in total. The summed E-state index contributed by atoms with van der Waals surface area (Å²) >= 11 is 5.91. The Hall–Kier alpha value is -2.73. The summed E-state index contributed by atoms with van der Waals surface area (Å²) in [7, 11) is 0. The van der Waals surface area contributed by atoms with Crippen molar-refractivity contribution in [1.82, 2.24) is 9.55 Å². The van der Waals surface area contributed by atoms with Gasteiger partial charge in [-0.05, 0) is 30.2 Å². The predicted octanol–water partition coefficient (Wildman–Crippen LogP) is 3.96. The van der Waals surface area contributed by atoms with Crippen molar-refractivity contribution in [3.8, 4) is 0 Å². The van der Waals surface area contributed by atoms with Gasteiger partial charge >= 0.3 is 0 Å². The summed E-state index contributed by atoms with van der Waals surface area (Å²) in [5.41, 5.74) is 1.00. The number of non-ortho nitro benzene ring substituents is 1. The number of benzene rings is 2. The largest absolute Gasteiger partial charge is 0.292 e. The fourth-order valence-electron chi connectivity index (χ4n) is 2.72. The van der Waals surface area contributed by atoms with Crippen molar-refractivity contribution in [3.63, 3.8) is 0 Å². The highest BCUT2D eigenvalue weighted by molar-refractivity contribution is 6.30. The standard InChI is InChI=1S/C18H16ClN3O3/c1-2-3-17-20-16-9-8-14(22(24)25)10-15(16)18(23)21(17)11-12-4-6-13(19)7-5-12/h4-10H,2-3,11H2,1H3. The first-order chi connectivity index (χ1) is 12.0. The molecule has 0 radical (unpaired) electrons. The van der Waals surface area contributed by atoms with Crippen LogP contribution in [0, 0.1) is 10.1 Å². The summed E-state index contributed by atoms with van der Waals surface area (Å²) < 4.78 is 1.58. The Morgan fingerprint density at radius 3 is 2.56 bits per heavy atom. The Kier molecular flexibility index (Phi) is 4.81. The Morgan fingerprint density at radius 2 is 1.92 bits per heavy atom. The lowest BCUT2D eigenvalue weighted by molar-refractivity contribution is -0.384. The maximum Gasteiger partial charge on any atom is 0.270 e. The third-order valence-corrected chi connectivity index (χ3v) is 4.21. The van der Waals surface area contributed by atoms with E-state index in [1.54, 1.807) is 16.7 Å². The number of aromatic nitrogens is 2. The lowest BCUT2D eigenvalue weighted by Crippen LogP contribution is -2.26. The number of hydrogen-bond acceptors (Lipinski definition) is 4. The van der Waals surface area contributed by atoms with E-state index in [0.29, 0.717) is 29.3 Å². The molecular weight excluding hydrogens is 342 g/mol. The van der Waals surface area contributed by atoms with E-state index in [1.165, 1.54) is 18.2 Å². The molecule has 0 aliphatic carbocycles. The second-order valence-electron chi connectivity index (χ2n) is 5.75. The quantitative estimate of drug-likeness (QED) is 0.511. The molecule has 0 fully saturated rings. The molecule has 2 aromatic carbocycles. The van der Waals surface area contributed by atoms with Gasteiger partial charge in [0.15, 0.2) is 0 Å². The Morgan fingerprint density at radius 1 is 1.20 bits per heavy atom. The Bertz CT molecular complexity index is 997. The van der Waals surface area contributed by atoms with Crippen LogP contribution in [0.2, 0.25) is 5.02 Å². The van der Waals surface area contributed by atoms with Crippen molar-refractivity contribution in [2.45, 2.75) is 26.3 Å². The molecule has 0 atom stereocenters. The van der Waals surface area contributed by atoms with E-state index in [4.69, 9.17) is 11.6 Å². The molecule has 0 amide bonds. The fraction of sp³-hybridized carbons (Fsp3) is 0.222. The molecule has 128 valence electrons. The summed E-state index contributed by atoms with van der Waals surface area (Å²) in [4.78, 5) is 28.0. The summed E-state index contributed by atoms with van der Waals surface area (Å²) in [5.74, 6) is 0.670. The van der Waals surface area contributed by atoms with Gasteiger partial charge in [-0.1, -0.05) is 30.7 Å². The molecule has 0 aliphatic rings. The van der Waals surface area contributed by atoms with Crippen molar-refractivity contribution in [2.75, 3.05) is 0 Å². The number of hydrogen-bond donors (Lipinski definition) is 0. The number of nitro benzene ring substituents is 1. The zero-order valence-corrected chi connectivity index (χ0v) is 14.4. The van der Waals surface area contributed by atoms with Crippen molar-refractivity contribution in [2.24, 2.45) is 0 Å². The maximum absolute atomic E-state index is 12.9. The SMILES string of the molecule is CCCc1nc2ccc([N+](=O)[O-])cc2c(=O)n1Cc1ccc(Cl)cc1. The van der Waals surface area contributed by atoms with Gasteiger partial charge in [-0.15, -0.1) is 0 Å². The van der Waals surface area contributed by atoms with Crippen LogP contribution in [0.15, 0.2) is 47.3 Å². The summed E-state index contributed by atoms with van der Waals surface area (Å²) in [6.45, 7) is 2.36. The van der Waals surface area contributed by atoms with Crippen LogP contribution in [0.25, 0.3) is 10.9 Å². The molecule has 25 heavy (non-hydrogen) atoms. The van der Waals surface area contributed by atoms with Crippen molar-refractivity contribution in [1.29, 1.82) is 0 Å². The predicted molar refractivity (Wildman–Crippen MR) is 97.2 cm³/mol. The zero-order chi connectivity index (χ0) is 18.0. The van der Waals surface area contributed by atoms with Gasteiger partial charge in [-0.3, -0.25) is 19.5 Å².